The second-order valence-corrected chi connectivity index (χ2v) is 2.42. The number of hydrogen-bond donors (Lipinski definition) is 3. The van der Waals surface area contributed by atoms with Gasteiger partial charge in [-0.3, -0.25) is 4.79 Å². The number of nitrogen functional groups attached to an aromatic ring is 1. The first kappa shape index (κ1) is 8.39. The second kappa shape index (κ2) is 3.13. The predicted octanol–water partition coefficient (Wildman–Crippen LogP) is 0.409. The Morgan fingerprint density at radius 3 is 2.67 bits per heavy atom. The highest BCUT2D eigenvalue weighted by Gasteiger charge is 2.02. The van der Waals surface area contributed by atoms with Crippen LogP contribution in [-0.2, 0) is 0 Å². The molecule has 4 heteroatoms. The first-order chi connectivity index (χ1) is 5.65. The topological polar surface area (TPSA) is 81.1 Å². The lowest BCUT2D eigenvalue weighted by Gasteiger charge is -2.05. The molecule has 1 amide bonds. The van der Waals surface area contributed by atoms with Crippen LogP contribution in [0.1, 0.15) is 10.4 Å². The Morgan fingerprint density at radius 2 is 2.17 bits per heavy atom. The van der Waals surface area contributed by atoms with Crippen molar-refractivity contribution in [2.45, 2.75) is 0 Å². The number of amides is 1. The largest absolute Gasteiger partial charge is 0.397 e. The van der Waals surface area contributed by atoms with Gasteiger partial charge in [-0.1, -0.05) is 0 Å². The number of primary amides is 1. The number of carbonyl (C=O) groups excluding carboxylic acids is 1. The van der Waals surface area contributed by atoms with Crippen LogP contribution in [0.5, 0.6) is 0 Å². The molecule has 0 aliphatic rings. The van der Waals surface area contributed by atoms with Gasteiger partial charge in [-0.2, -0.15) is 0 Å². The molecule has 0 saturated carbocycles. The summed E-state index contributed by atoms with van der Waals surface area (Å²) in [5.74, 6) is -0.452. The monoisotopic (exact) mass is 165 g/mol. The van der Waals surface area contributed by atoms with Crippen molar-refractivity contribution in [1.29, 1.82) is 0 Å². The Labute approximate surface area is 70.6 Å². The van der Waals surface area contributed by atoms with Crippen LogP contribution in [0.3, 0.4) is 0 Å². The molecule has 0 spiro atoms. The number of anilines is 2. The molecule has 0 heterocycles. The highest BCUT2D eigenvalue weighted by molar-refractivity contribution is 5.94. The predicted molar refractivity (Wildman–Crippen MR) is 48.9 cm³/mol. The molecule has 4 nitrogen and oxygen atoms in total. The minimum absolute atomic E-state index is 0.452. The minimum Gasteiger partial charge on any atom is -0.397 e. The van der Waals surface area contributed by atoms with Gasteiger partial charge in [0, 0.05) is 12.6 Å². The van der Waals surface area contributed by atoms with Gasteiger partial charge in [-0.05, 0) is 18.2 Å². The molecule has 0 fully saturated rings. The molecule has 1 rings (SSSR count). The second-order valence-electron chi connectivity index (χ2n) is 2.42. The highest BCUT2D eigenvalue weighted by atomic mass is 16.1. The lowest BCUT2D eigenvalue weighted by molar-refractivity contribution is 0.100. The van der Waals surface area contributed by atoms with Crippen molar-refractivity contribution in [2.24, 2.45) is 5.73 Å². The Kier molecular flexibility index (Phi) is 2.19. The first-order valence-corrected chi connectivity index (χ1v) is 3.52. The van der Waals surface area contributed by atoms with Crippen LogP contribution in [0, 0.1) is 0 Å². The highest BCUT2D eigenvalue weighted by Crippen LogP contribution is 2.18. The molecule has 0 saturated heterocycles. The Hall–Kier alpha value is -1.71. The fraction of sp³-hybridized carbons (Fsp3) is 0.125. The van der Waals surface area contributed by atoms with E-state index in [0.717, 1.165) is 0 Å². The van der Waals surface area contributed by atoms with Crippen molar-refractivity contribution >= 4 is 17.3 Å². The van der Waals surface area contributed by atoms with E-state index in [2.05, 4.69) is 5.32 Å². The fourth-order valence-corrected chi connectivity index (χ4v) is 0.926. The van der Waals surface area contributed by atoms with Gasteiger partial charge >= 0.3 is 0 Å². The van der Waals surface area contributed by atoms with Crippen LogP contribution >= 0.6 is 0 Å². The summed E-state index contributed by atoms with van der Waals surface area (Å²) in [7, 11) is 1.73. The average Bonchev–Trinajstić information content (AvgIpc) is 2.05. The van der Waals surface area contributed by atoms with Crippen molar-refractivity contribution in [3.05, 3.63) is 23.8 Å². The SMILES string of the molecule is CNc1cc(C(N)=O)ccc1N. The molecule has 0 aliphatic heterocycles. The normalized spacial score (nSPS) is 9.42. The molecule has 0 radical (unpaired) electrons. The van der Waals surface area contributed by atoms with E-state index in [0.29, 0.717) is 16.9 Å². The Bertz CT molecular complexity index is 309. The third-order valence-electron chi connectivity index (χ3n) is 1.61. The molecule has 0 unspecified atom stereocenters. The van der Waals surface area contributed by atoms with E-state index in [1.165, 1.54) is 0 Å². The molecule has 0 bridgehead atoms. The molecule has 0 aliphatic carbocycles. The molecule has 1 aromatic carbocycles. The van der Waals surface area contributed by atoms with E-state index < -0.39 is 5.91 Å². The van der Waals surface area contributed by atoms with Crippen molar-refractivity contribution in [3.63, 3.8) is 0 Å². The third kappa shape index (κ3) is 1.47. The van der Waals surface area contributed by atoms with Crippen LogP contribution in [0.15, 0.2) is 18.2 Å². The molecule has 0 atom stereocenters. The van der Waals surface area contributed by atoms with E-state index in [-0.39, 0.29) is 0 Å². The average molecular weight is 165 g/mol. The van der Waals surface area contributed by atoms with Crippen molar-refractivity contribution in [1.82, 2.24) is 0 Å². The van der Waals surface area contributed by atoms with Crippen LogP contribution in [0.25, 0.3) is 0 Å². The Balaban J connectivity index is 3.13. The van der Waals surface area contributed by atoms with E-state index >= 15 is 0 Å². The summed E-state index contributed by atoms with van der Waals surface area (Å²) < 4.78 is 0. The number of rotatable bonds is 2. The van der Waals surface area contributed by atoms with E-state index in [9.17, 15) is 4.79 Å². The summed E-state index contributed by atoms with van der Waals surface area (Å²) in [6.07, 6.45) is 0. The fourth-order valence-electron chi connectivity index (χ4n) is 0.926. The molecule has 1 aromatic rings. The zero-order chi connectivity index (χ0) is 9.14. The van der Waals surface area contributed by atoms with Gasteiger partial charge in [0.05, 0.1) is 11.4 Å². The number of nitrogens with one attached hydrogen (secondary N) is 1. The van der Waals surface area contributed by atoms with Gasteiger partial charge in [-0.15, -0.1) is 0 Å². The summed E-state index contributed by atoms with van der Waals surface area (Å²) in [6, 6.07) is 4.86. The van der Waals surface area contributed by atoms with Crippen molar-refractivity contribution in [3.8, 4) is 0 Å². The van der Waals surface area contributed by atoms with Gasteiger partial charge in [0.25, 0.3) is 0 Å². The number of carbonyl (C=O) groups is 1. The minimum atomic E-state index is -0.452. The molecule has 5 N–H and O–H groups in total. The summed E-state index contributed by atoms with van der Waals surface area (Å²) in [5.41, 5.74) is 12.4. The van der Waals surface area contributed by atoms with E-state index in [4.69, 9.17) is 11.5 Å². The molecular weight excluding hydrogens is 154 g/mol. The Morgan fingerprint density at radius 1 is 1.50 bits per heavy atom. The third-order valence-corrected chi connectivity index (χ3v) is 1.61. The van der Waals surface area contributed by atoms with Crippen molar-refractivity contribution < 1.29 is 4.79 Å². The summed E-state index contributed by atoms with van der Waals surface area (Å²) in [4.78, 5) is 10.7. The van der Waals surface area contributed by atoms with Gasteiger partial charge < -0.3 is 16.8 Å². The molecule has 64 valence electrons. The maximum Gasteiger partial charge on any atom is 0.248 e. The van der Waals surface area contributed by atoms with Crippen molar-refractivity contribution in [2.75, 3.05) is 18.1 Å². The molecule has 0 aromatic heterocycles. The summed E-state index contributed by atoms with van der Waals surface area (Å²) >= 11 is 0. The number of hydrogen-bond acceptors (Lipinski definition) is 3. The van der Waals surface area contributed by atoms with E-state index in [1.54, 1.807) is 25.2 Å². The van der Waals surface area contributed by atoms with Crippen LogP contribution in [-0.4, -0.2) is 13.0 Å². The zero-order valence-corrected chi connectivity index (χ0v) is 6.79. The van der Waals surface area contributed by atoms with Gasteiger partial charge in [0.15, 0.2) is 0 Å². The lowest BCUT2D eigenvalue weighted by atomic mass is 10.1. The zero-order valence-electron chi connectivity index (χ0n) is 6.79. The quantitative estimate of drug-likeness (QED) is 0.555. The van der Waals surface area contributed by atoms with Crippen LogP contribution < -0.4 is 16.8 Å². The number of benzene rings is 1. The smallest absolute Gasteiger partial charge is 0.248 e. The summed E-state index contributed by atoms with van der Waals surface area (Å²) in [6.45, 7) is 0. The molecular formula is C8H11N3O. The maximum atomic E-state index is 10.7. The van der Waals surface area contributed by atoms with Gasteiger partial charge in [-0.25, -0.2) is 0 Å². The van der Waals surface area contributed by atoms with Crippen LogP contribution in [0.4, 0.5) is 11.4 Å². The van der Waals surface area contributed by atoms with Gasteiger partial charge in [0.1, 0.15) is 0 Å². The first-order valence-electron chi connectivity index (χ1n) is 3.52. The van der Waals surface area contributed by atoms with E-state index in [1.807, 2.05) is 0 Å². The van der Waals surface area contributed by atoms with Gasteiger partial charge in [0.2, 0.25) is 5.91 Å². The maximum absolute atomic E-state index is 10.7. The standard InChI is InChI=1S/C8H11N3O/c1-11-7-4-5(8(10)12)2-3-6(7)9/h2-4,11H,9H2,1H3,(H2,10,12). The lowest BCUT2D eigenvalue weighted by Crippen LogP contribution is -2.11. The van der Waals surface area contributed by atoms with Crippen LogP contribution in [0.2, 0.25) is 0 Å². The molecule has 12 heavy (non-hydrogen) atoms. The number of nitrogens with two attached hydrogens (primary N) is 2. The summed E-state index contributed by atoms with van der Waals surface area (Å²) in [5, 5.41) is 2.86.